The number of halogens is 8. The topological polar surface area (TPSA) is 0 Å². The second-order valence-electron chi connectivity index (χ2n) is 13.6. The van der Waals surface area contributed by atoms with Crippen molar-refractivity contribution in [3.8, 4) is 0 Å². The van der Waals surface area contributed by atoms with Crippen molar-refractivity contribution in [1.29, 1.82) is 0 Å². The van der Waals surface area contributed by atoms with Gasteiger partial charge >= 0.3 is 153 Å². The molecule has 0 aromatic heterocycles. The molecule has 0 aliphatic rings. The Morgan fingerprint density at radius 3 is 0.532 bits per heavy atom. The molecule has 0 fully saturated rings. The van der Waals surface area contributed by atoms with Crippen LogP contribution in [0.1, 0.15) is 11.1 Å². The molecule has 0 aliphatic heterocycles. The third-order valence-electron chi connectivity index (χ3n) is 9.71. The first kappa shape index (κ1) is 53.9. The van der Waals surface area contributed by atoms with Crippen LogP contribution in [0.3, 0.4) is 0 Å². The summed E-state index contributed by atoms with van der Waals surface area (Å²) in [6.07, 6.45) is 2.07. The van der Waals surface area contributed by atoms with Crippen LogP contribution in [-0.4, -0.2) is 0 Å². The molecule has 0 bridgehead atoms. The molecule has 12 heteroatoms. The summed E-state index contributed by atoms with van der Waals surface area (Å²) in [7, 11) is -3.55. The third kappa shape index (κ3) is 17.8. The van der Waals surface area contributed by atoms with Gasteiger partial charge in [0.15, 0.2) is 0 Å². The fraction of sp³-hybridized carbons (Fsp3) is 0.0400. The molecule has 8 aromatic rings. The van der Waals surface area contributed by atoms with Crippen molar-refractivity contribution in [2.45, 2.75) is 12.3 Å². The fourth-order valence-electron chi connectivity index (χ4n) is 7.25. The molecule has 0 atom stereocenters. The van der Waals surface area contributed by atoms with Crippen LogP contribution >= 0.6 is 165 Å². The van der Waals surface area contributed by atoms with E-state index in [0.29, 0.717) is 0 Å². The van der Waals surface area contributed by atoms with Gasteiger partial charge in [-0.15, -0.1) is 0 Å². The second kappa shape index (κ2) is 27.9. The van der Waals surface area contributed by atoms with Gasteiger partial charge in [0.25, 0.3) is 0 Å². The Morgan fingerprint density at radius 1 is 0.258 bits per heavy atom. The summed E-state index contributed by atoms with van der Waals surface area (Å²) < 4.78 is -1.81. The Hall–Kier alpha value is 0.999. The van der Waals surface area contributed by atoms with E-state index in [9.17, 15) is 0 Å². The van der Waals surface area contributed by atoms with Crippen molar-refractivity contribution in [1.82, 2.24) is 0 Å². The smallest absolute Gasteiger partial charge is 0.0622 e. The average Bonchev–Trinajstić information content (AvgIpc) is 3.29. The van der Waals surface area contributed by atoms with Crippen LogP contribution in [0.2, 0.25) is 0 Å². The molecule has 8 aromatic carbocycles. The minimum absolute atomic E-state index is 0.903. The van der Waals surface area contributed by atoms with E-state index in [-0.39, 0.29) is 0 Å². The molecule has 0 aliphatic carbocycles. The van der Waals surface area contributed by atoms with E-state index in [2.05, 4.69) is 393 Å². The van der Waals surface area contributed by atoms with Crippen LogP contribution in [0, 0.1) is 0 Å². The summed E-state index contributed by atoms with van der Waals surface area (Å²) in [4.78, 5) is 0. The Bertz CT molecular complexity index is 2060. The van der Waals surface area contributed by atoms with Crippen molar-refractivity contribution in [3.63, 3.8) is 0 Å². The molecule has 0 radical (unpaired) electrons. The van der Waals surface area contributed by atoms with Crippen LogP contribution in [0.4, 0.5) is 0 Å². The molecule has 8 rings (SSSR count). The predicted molar refractivity (Wildman–Crippen MR) is 333 cm³/mol. The monoisotopic (exact) mass is 1740 g/mol. The van der Waals surface area contributed by atoms with E-state index < -0.39 is 17.1 Å². The van der Waals surface area contributed by atoms with Gasteiger partial charge in [-0.1, -0.05) is 170 Å². The molecule has 0 spiro atoms. The van der Waals surface area contributed by atoms with Gasteiger partial charge in [-0.2, -0.15) is 0 Å². The number of benzene rings is 8. The van der Waals surface area contributed by atoms with Gasteiger partial charge in [-0.25, -0.2) is 0 Å². The zero-order valence-electron chi connectivity index (χ0n) is 33.2. The van der Waals surface area contributed by atoms with Gasteiger partial charge in [0.1, 0.15) is 46.4 Å². The zero-order chi connectivity index (χ0) is 44.3. The molecule has 0 nitrogen and oxygen atoms in total. The van der Waals surface area contributed by atoms with Crippen molar-refractivity contribution < 1.29 is 2.58 Å². The first-order valence-electron chi connectivity index (χ1n) is 19.1. The van der Waals surface area contributed by atoms with Gasteiger partial charge < -0.3 is 0 Å². The van der Waals surface area contributed by atoms with E-state index in [1.54, 1.807) is 0 Å². The first-order valence-corrected chi connectivity index (χ1v) is 51.7. The summed E-state index contributed by atoms with van der Waals surface area (Å²) >= 11 is 21.4. The van der Waals surface area contributed by atoms with E-state index in [1.165, 1.54) is 43.0 Å². The van der Waals surface area contributed by atoms with Gasteiger partial charge in [-0.05, 0) is 83.9 Å². The maximum atomic E-state index is 3.48. The number of hydrogen-bond donors (Lipinski definition) is 0. The normalized spacial score (nSPS) is 11.9. The molecule has 62 heavy (non-hydrogen) atoms. The molecule has 0 saturated heterocycles. The van der Waals surface area contributed by atoms with Crippen molar-refractivity contribution in [2.24, 2.45) is 0 Å². The molecular weight excluding hydrogens is 1690 g/mol. The van der Waals surface area contributed by atoms with Gasteiger partial charge in [0.05, 0.1) is 12.3 Å². The van der Waals surface area contributed by atoms with Crippen LogP contribution < -0.4 is 31.8 Å². The van der Waals surface area contributed by atoms with Gasteiger partial charge in [0, 0.05) is 0 Å². The quantitative estimate of drug-likeness (QED) is 0.0727. The van der Waals surface area contributed by atoms with Crippen LogP contribution in [0.15, 0.2) is 243 Å². The zero-order valence-corrected chi connectivity index (χ0v) is 53.4. The van der Waals surface area contributed by atoms with Crippen LogP contribution in [0.5, 0.6) is 0 Å². The number of rotatable bonds is 10. The van der Waals surface area contributed by atoms with E-state index in [1.807, 2.05) is 0 Å². The Labute approximate surface area is 457 Å². The largest absolute Gasteiger partial charge is 0.116 e. The molecular formula is C50H44Br2I6Mn2P2. The average molecular weight is 1740 g/mol. The van der Waals surface area contributed by atoms with E-state index in [4.69, 9.17) is 0 Å². The van der Waals surface area contributed by atoms with E-state index >= 15 is 0 Å². The number of hydrogen-bond acceptors (Lipinski definition) is 0. The SMILES string of the molecule is [Br][Mn-]([I])([I])[I].[Br][Mn-]([I])([I])[I].c1ccc(C[P+](c2ccccc2)(c2ccccc2)c2ccccc2)cc1.c1ccc(C[P+](c2ccccc2)(c2ccccc2)c2ccccc2)cc1. The molecule has 0 amide bonds. The molecule has 0 heterocycles. The maximum absolute atomic E-state index is 3.48. The minimum atomic E-state index is -1.78. The van der Waals surface area contributed by atoms with Gasteiger partial charge in [-0.3, -0.25) is 0 Å². The molecule has 324 valence electrons. The summed E-state index contributed by atoms with van der Waals surface area (Å²) in [6, 6.07) is 88.1. The van der Waals surface area contributed by atoms with Crippen molar-refractivity contribution in [3.05, 3.63) is 254 Å². The standard InChI is InChI=1S/2C25H22P.2BrH.6HI.2Mn/c2*1-5-13-22(14-6-1)21-26(23-15-7-2-8-16-23,24-17-9-3-10-18-24)25-19-11-4-12-20-25;;;;;;;;;;/h2*1-20H,21H2;8*1H;;/q2*+1;;;;;;;;;2*+3/p-8. The fourth-order valence-corrected chi connectivity index (χ4v) is 15.7. The molecule has 0 N–H and O–H groups in total. The van der Waals surface area contributed by atoms with Crippen LogP contribution in [-0.2, 0) is 14.9 Å². The summed E-state index contributed by atoms with van der Waals surface area (Å²) in [5.74, 6) is 0. The maximum Gasteiger partial charge on any atom is 0.116 e. The molecule has 0 saturated carbocycles. The first-order chi connectivity index (χ1) is 29.8. The Balaban J connectivity index is 0.000000193. The summed E-state index contributed by atoms with van der Waals surface area (Å²) in [5.41, 5.74) is 2.77. The molecule has 0 unspecified atom stereocenters. The predicted octanol–water partition coefficient (Wildman–Crippen LogP) is 17.4. The summed E-state index contributed by atoms with van der Waals surface area (Å²) in [6.45, 7) is 0. The third-order valence-corrected chi connectivity index (χ3v) is 18.5. The van der Waals surface area contributed by atoms with E-state index in [0.717, 1.165) is 12.3 Å². The van der Waals surface area contributed by atoms with Crippen molar-refractivity contribution in [2.75, 3.05) is 0 Å². The Kier molecular flexibility index (Phi) is 24.2. The van der Waals surface area contributed by atoms with Gasteiger partial charge in [0.2, 0.25) is 0 Å². The summed E-state index contributed by atoms with van der Waals surface area (Å²) in [5, 5.41) is 8.59. The Morgan fingerprint density at radius 2 is 0.387 bits per heavy atom. The van der Waals surface area contributed by atoms with Crippen LogP contribution in [0.25, 0.3) is 0 Å². The van der Waals surface area contributed by atoms with Crippen molar-refractivity contribution >= 4 is 197 Å². The minimum Gasteiger partial charge on any atom is -0.0622 e. The second-order valence-corrected chi connectivity index (χ2v) is 127.